The van der Waals surface area contributed by atoms with Crippen LogP contribution in [0.5, 0.6) is 0 Å². The highest BCUT2D eigenvalue weighted by atomic mass is 32.2. The normalized spacial score (nSPS) is 11.2. The zero-order valence-corrected chi connectivity index (χ0v) is 36.6. The van der Waals surface area contributed by atoms with Crippen molar-refractivity contribution in [3.8, 4) is 0 Å². The number of benzene rings is 4. The number of nitrogens with one attached hydrogen (secondary N) is 2. The lowest BCUT2D eigenvalue weighted by Crippen LogP contribution is -2.34. The van der Waals surface area contributed by atoms with Crippen molar-refractivity contribution in [2.75, 3.05) is 10.6 Å². The second-order valence-corrected chi connectivity index (χ2v) is 17.3. The van der Waals surface area contributed by atoms with Crippen molar-refractivity contribution in [1.29, 1.82) is 0 Å². The van der Waals surface area contributed by atoms with Crippen molar-refractivity contribution in [2.24, 2.45) is 0 Å². The lowest BCUT2D eigenvalue weighted by atomic mass is 10.1. The third kappa shape index (κ3) is 13.3. The van der Waals surface area contributed by atoms with E-state index in [1.165, 1.54) is 30.5 Å². The number of fused-ring (bicyclic) bond motifs is 2. The number of aromatic nitrogens is 3. The second-order valence-electron chi connectivity index (χ2n) is 14.5. The molecule has 13 nitrogen and oxygen atoms in total. The Labute approximate surface area is 362 Å². The summed E-state index contributed by atoms with van der Waals surface area (Å²) in [5.41, 5.74) is 6.03. The van der Waals surface area contributed by atoms with Crippen LogP contribution in [0.1, 0.15) is 71.5 Å². The third-order valence-corrected chi connectivity index (χ3v) is 11.4. The molecule has 7 aromatic rings. The first-order chi connectivity index (χ1) is 29.5. The molecular formula is C47H49N5O8S2. The van der Waals surface area contributed by atoms with E-state index >= 15 is 0 Å². The summed E-state index contributed by atoms with van der Waals surface area (Å²) < 4.78 is 66.8. The number of aryl methyl sites for hydroxylation is 4. The van der Waals surface area contributed by atoms with Gasteiger partial charge in [0.2, 0.25) is 11.0 Å². The van der Waals surface area contributed by atoms with Crippen molar-refractivity contribution in [1.82, 2.24) is 4.98 Å². The molecule has 3 heterocycles. The van der Waals surface area contributed by atoms with Crippen LogP contribution in [0, 0.1) is 13.8 Å². The zero-order chi connectivity index (χ0) is 44.9. The summed E-state index contributed by atoms with van der Waals surface area (Å²) in [5, 5.41) is 8.14. The number of nitrogens with zero attached hydrogens (tertiary/aromatic N) is 3. The van der Waals surface area contributed by atoms with Gasteiger partial charge in [-0.15, -0.1) is 0 Å². The lowest BCUT2D eigenvalue weighted by molar-refractivity contribution is -0.672. The van der Waals surface area contributed by atoms with Crippen LogP contribution in [0.15, 0.2) is 150 Å². The number of hydrogen-bond donors (Lipinski definition) is 2. The molecule has 322 valence electrons. The van der Waals surface area contributed by atoms with Gasteiger partial charge < -0.3 is 19.7 Å². The maximum absolute atomic E-state index is 12.9. The molecule has 0 radical (unpaired) electrons. The zero-order valence-electron chi connectivity index (χ0n) is 34.9. The number of pyridine rings is 3. The Morgan fingerprint density at radius 3 is 1.40 bits per heavy atom. The molecule has 4 aromatic carbocycles. The fourth-order valence-corrected chi connectivity index (χ4v) is 7.14. The minimum absolute atomic E-state index is 0.178. The van der Waals surface area contributed by atoms with Gasteiger partial charge in [0.1, 0.15) is 39.0 Å². The number of rotatable bonds is 12. The van der Waals surface area contributed by atoms with Gasteiger partial charge >= 0.3 is 0 Å². The van der Waals surface area contributed by atoms with Gasteiger partial charge in [-0.2, -0.15) is 9.13 Å². The van der Waals surface area contributed by atoms with E-state index in [0.717, 1.165) is 71.7 Å². The number of carbonyl (C=O) groups is 2. The highest BCUT2D eigenvalue weighted by molar-refractivity contribution is 7.86. The Morgan fingerprint density at radius 1 is 0.581 bits per heavy atom. The van der Waals surface area contributed by atoms with Crippen molar-refractivity contribution < 1.29 is 44.7 Å². The minimum Gasteiger partial charge on any atom is -0.744 e. The van der Waals surface area contributed by atoms with Crippen LogP contribution in [0.2, 0.25) is 0 Å². The minimum atomic E-state index is -4.27. The standard InChI is InChI=1S/C33H33N5O2.2C7H8O3S/c1-3-5-17-37-19-7-9-24-11-14-27(21-30(24)37)35-32(39)26-13-16-29(34-23-26)33(40)36-28-15-12-25-10-8-20-38(18-6-4-2)31(25)22-28;2*1-6-2-4-7(5-3-6)11(8,9)10/h7-16,19-23H,3-6,17-18H2,1-2H3;2*2-5H,1H3,(H,8,9,10). The molecule has 0 aliphatic carbocycles. The molecule has 0 unspecified atom stereocenters. The summed E-state index contributed by atoms with van der Waals surface area (Å²) in [7, 11) is -8.54. The summed E-state index contributed by atoms with van der Waals surface area (Å²) in [6.07, 6.45) is 9.97. The second kappa shape index (κ2) is 21.4. The van der Waals surface area contributed by atoms with E-state index in [9.17, 15) is 35.5 Å². The molecule has 0 atom stereocenters. The van der Waals surface area contributed by atoms with Crippen molar-refractivity contribution in [2.45, 2.75) is 76.3 Å². The first-order valence-electron chi connectivity index (χ1n) is 20.0. The van der Waals surface area contributed by atoms with Gasteiger partial charge in [0.15, 0.2) is 12.4 Å². The van der Waals surface area contributed by atoms with Crippen molar-refractivity contribution >= 4 is 65.2 Å². The number of anilines is 2. The summed E-state index contributed by atoms with van der Waals surface area (Å²) in [4.78, 5) is 29.8. The van der Waals surface area contributed by atoms with Crippen LogP contribution in [0.4, 0.5) is 11.4 Å². The molecule has 2 amide bonds. The number of carbonyl (C=O) groups excluding carboxylic acids is 2. The van der Waals surface area contributed by atoms with E-state index in [1.54, 1.807) is 36.4 Å². The van der Waals surface area contributed by atoms with Crippen LogP contribution in [-0.4, -0.2) is 42.7 Å². The topological polar surface area (TPSA) is 193 Å². The average Bonchev–Trinajstić information content (AvgIpc) is 3.25. The molecule has 7 rings (SSSR count). The molecule has 0 bridgehead atoms. The summed E-state index contributed by atoms with van der Waals surface area (Å²) in [6, 6.07) is 34.8. The molecule has 15 heteroatoms. The molecule has 0 spiro atoms. The lowest BCUT2D eigenvalue weighted by Gasteiger charge is -2.08. The summed E-state index contributed by atoms with van der Waals surface area (Å²) in [6.45, 7) is 9.84. The van der Waals surface area contributed by atoms with E-state index in [4.69, 9.17) is 0 Å². The largest absolute Gasteiger partial charge is 0.744 e. The van der Waals surface area contributed by atoms with E-state index in [-0.39, 0.29) is 27.3 Å². The third-order valence-electron chi connectivity index (χ3n) is 9.66. The molecule has 0 fully saturated rings. The molecule has 0 aliphatic heterocycles. The Morgan fingerprint density at radius 2 is 1.02 bits per heavy atom. The Balaban J connectivity index is 0.000000267. The average molecular weight is 876 g/mol. The highest BCUT2D eigenvalue weighted by Crippen LogP contribution is 2.19. The molecule has 0 saturated heterocycles. The van der Waals surface area contributed by atoms with E-state index in [0.29, 0.717) is 16.9 Å². The highest BCUT2D eigenvalue weighted by Gasteiger charge is 2.15. The van der Waals surface area contributed by atoms with Gasteiger partial charge in [0, 0.05) is 65.5 Å². The summed E-state index contributed by atoms with van der Waals surface area (Å²) in [5.74, 6) is -0.602. The summed E-state index contributed by atoms with van der Waals surface area (Å²) >= 11 is 0. The van der Waals surface area contributed by atoms with Gasteiger partial charge in [-0.05, 0) is 86.6 Å². The van der Waals surface area contributed by atoms with Crippen LogP contribution in [0.25, 0.3) is 21.8 Å². The van der Waals surface area contributed by atoms with Gasteiger partial charge in [-0.1, -0.05) is 62.1 Å². The maximum Gasteiger partial charge on any atom is 0.274 e. The smallest absolute Gasteiger partial charge is 0.274 e. The van der Waals surface area contributed by atoms with Gasteiger partial charge in [-0.25, -0.2) is 16.8 Å². The fraction of sp³-hybridized carbons (Fsp3) is 0.213. The van der Waals surface area contributed by atoms with E-state index in [1.807, 2.05) is 62.4 Å². The fourth-order valence-electron chi connectivity index (χ4n) is 6.20. The van der Waals surface area contributed by atoms with Crippen molar-refractivity contribution in [3.05, 3.63) is 162 Å². The van der Waals surface area contributed by atoms with E-state index < -0.39 is 20.2 Å². The van der Waals surface area contributed by atoms with Crippen LogP contribution in [0.3, 0.4) is 0 Å². The number of amides is 2. The first-order valence-corrected chi connectivity index (χ1v) is 22.9. The van der Waals surface area contributed by atoms with Gasteiger partial charge in [0.05, 0.1) is 15.4 Å². The molecule has 62 heavy (non-hydrogen) atoms. The quantitative estimate of drug-likeness (QED) is 0.0908. The molecule has 0 saturated carbocycles. The maximum atomic E-state index is 12.9. The van der Waals surface area contributed by atoms with Gasteiger partial charge in [0.25, 0.3) is 11.8 Å². The van der Waals surface area contributed by atoms with Crippen molar-refractivity contribution in [3.63, 3.8) is 0 Å². The Kier molecular flexibility index (Phi) is 16.1. The predicted octanol–water partition coefficient (Wildman–Crippen LogP) is 7.87. The number of unbranched alkanes of at least 4 members (excludes halogenated alkanes) is 2. The monoisotopic (exact) mass is 875 g/mol. The first kappa shape index (κ1) is 46.7. The predicted molar refractivity (Wildman–Crippen MR) is 237 cm³/mol. The van der Waals surface area contributed by atoms with E-state index in [2.05, 4.69) is 63.1 Å². The van der Waals surface area contributed by atoms with Gasteiger partial charge in [-0.3, -0.25) is 14.6 Å². The SMILES string of the molecule is CCCC[n+]1cccc2ccc(NC(=O)c3ccc(C(=O)Nc4ccc5ccc[n+](CCCC)c5c4)nc3)cc21.Cc1ccc(S(=O)(=O)[O-])cc1.Cc1ccc(S(=O)(=O)[O-])cc1. The molecule has 0 aliphatic rings. The molecular weight excluding hydrogens is 827 g/mol. The van der Waals surface area contributed by atoms with Crippen LogP contribution in [-0.2, 0) is 33.3 Å². The van der Waals surface area contributed by atoms with Crippen LogP contribution >= 0.6 is 0 Å². The molecule has 2 N–H and O–H groups in total. The van der Waals surface area contributed by atoms with Crippen LogP contribution < -0.4 is 19.8 Å². The number of hydrogen-bond acceptors (Lipinski definition) is 9. The Hall–Kier alpha value is -6.39. The molecule has 3 aromatic heterocycles. The Bertz CT molecular complexity index is 2670.